The molecule has 0 aliphatic carbocycles. The summed E-state index contributed by atoms with van der Waals surface area (Å²) in [5, 5.41) is 6.92. The quantitative estimate of drug-likeness (QED) is 0.576. The largest absolute Gasteiger partial charge is 0.356 e. The highest BCUT2D eigenvalue weighted by atomic mass is 15.2. The van der Waals surface area contributed by atoms with E-state index in [1.807, 2.05) is 7.05 Å². The van der Waals surface area contributed by atoms with E-state index in [1.54, 1.807) is 0 Å². The number of hydrogen-bond donors (Lipinski definition) is 2. The topological polar surface area (TPSA) is 42.9 Å². The molecule has 1 aromatic carbocycles. The van der Waals surface area contributed by atoms with Gasteiger partial charge in [-0.3, -0.25) is 4.99 Å². The number of hydrogen-bond acceptors (Lipinski definition) is 3. The van der Waals surface area contributed by atoms with E-state index in [2.05, 4.69) is 71.4 Å². The van der Waals surface area contributed by atoms with Crippen molar-refractivity contribution in [1.29, 1.82) is 0 Å². The van der Waals surface area contributed by atoms with E-state index in [1.165, 1.54) is 42.9 Å². The molecule has 1 heterocycles. The number of guanidine groups is 1. The van der Waals surface area contributed by atoms with E-state index in [0.717, 1.165) is 32.0 Å². The van der Waals surface area contributed by atoms with E-state index >= 15 is 0 Å². The van der Waals surface area contributed by atoms with Crippen molar-refractivity contribution in [2.75, 3.05) is 59.9 Å². The maximum absolute atomic E-state index is 4.36. The Balaban J connectivity index is 1.67. The number of aliphatic imine (C=N–C) groups is 1. The van der Waals surface area contributed by atoms with Gasteiger partial charge < -0.3 is 20.4 Å². The Labute approximate surface area is 159 Å². The Morgan fingerprint density at radius 2 is 1.73 bits per heavy atom. The first-order valence-electron chi connectivity index (χ1n) is 9.89. The third kappa shape index (κ3) is 7.34. The fraction of sp³-hybridized carbons (Fsp3) is 0.667. The number of nitrogens with one attached hydrogen (secondary N) is 2. The SMILES string of the molecule is CN=C(NCCc1cc(C)cc(C)c1)NCC(C)CN1CCN(C)CC1. The van der Waals surface area contributed by atoms with Crippen LogP contribution in [0, 0.1) is 19.8 Å². The van der Waals surface area contributed by atoms with Gasteiger partial charge in [0.05, 0.1) is 0 Å². The minimum atomic E-state index is 0.608. The second-order valence-corrected chi connectivity index (χ2v) is 7.83. The van der Waals surface area contributed by atoms with Gasteiger partial charge in [-0.2, -0.15) is 0 Å². The maximum atomic E-state index is 4.36. The van der Waals surface area contributed by atoms with Crippen molar-refractivity contribution in [3.63, 3.8) is 0 Å². The Morgan fingerprint density at radius 1 is 1.08 bits per heavy atom. The lowest BCUT2D eigenvalue weighted by Gasteiger charge is -2.34. The summed E-state index contributed by atoms with van der Waals surface area (Å²) in [5.41, 5.74) is 4.05. The standard InChI is InChI=1S/C21H37N5/c1-17-12-18(2)14-20(13-17)6-7-23-21(22-4)24-15-19(3)16-26-10-8-25(5)9-11-26/h12-14,19H,6-11,15-16H2,1-5H3,(H2,22,23,24). The van der Waals surface area contributed by atoms with Crippen LogP contribution in [-0.2, 0) is 6.42 Å². The molecule has 1 aliphatic rings. The van der Waals surface area contributed by atoms with Gasteiger partial charge >= 0.3 is 0 Å². The predicted octanol–water partition coefficient (Wildman–Crippen LogP) is 1.89. The highest BCUT2D eigenvalue weighted by Gasteiger charge is 2.16. The lowest BCUT2D eigenvalue weighted by Crippen LogP contribution is -2.47. The number of likely N-dealkylation sites (N-methyl/N-ethyl adjacent to an activating group) is 1. The molecule has 0 bridgehead atoms. The van der Waals surface area contributed by atoms with Gasteiger partial charge in [-0.15, -0.1) is 0 Å². The molecule has 1 aromatic rings. The van der Waals surface area contributed by atoms with Crippen molar-refractivity contribution in [2.45, 2.75) is 27.2 Å². The molecule has 1 fully saturated rings. The van der Waals surface area contributed by atoms with Gasteiger partial charge in [-0.25, -0.2) is 0 Å². The van der Waals surface area contributed by atoms with Gasteiger partial charge in [0.15, 0.2) is 5.96 Å². The average molecular weight is 360 g/mol. The minimum absolute atomic E-state index is 0.608. The van der Waals surface area contributed by atoms with Crippen LogP contribution in [0.15, 0.2) is 23.2 Å². The first-order valence-corrected chi connectivity index (χ1v) is 9.89. The molecular weight excluding hydrogens is 322 g/mol. The Bertz CT molecular complexity index is 556. The average Bonchev–Trinajstić information content (AvgIpc) is 2.59. The van der Waals surface area contributed by atoms with Crippen LogP contribution in [-0.4, -0.2) is 75.7 Å². The number of rotatable bonds is 7. The van der Waals surface area contributed by atoms with Gasteiger partial charge in [-0.05, 0) is 38.8 Å². The fourth-order valence-corrected chi connectivity index (χ4v) is 3.57. The molecular formula is C21H37N5. The van der Waals surface area contributed by atoms with Crippen LogP contribution in [0.2, 0.25) is 0 Å². The molecule has 26 heavy (non-hydrogen) atoms. The van der Waals surface area contributed by atoms with E-state index < -0.39 is 0 Å². The van der Waals surface area contributed by atoms with Crippen molar-refractivity contribution in [1.82, 2.24) is 20.4 Å². The molecule has 5 nitrogen and oxygen atoms in total. The highest BCUT2D eigenvalue weighted by Crippen LogP contribution is 2.09. The Morgan fingerprint density at radius 3 is 2.35 bits per heavy atom. The normalized spacial score (nSPS) is 18.0. The molecule has 1 saturated heterocycles. The maximum Gasteiger partial charge on any atom is 0.190 e. The van der Waals surface area contributed by atoms with Gasteiger partial charge in [-0.1, -0.05) is 36.2 Å². The minimum Gasteiger partial charge on any atom is -0.356 e. The Hall–Kier alpha value is -1.59. The zero-order chi connectivity index (χ0) is 18.9. The van der Waals surface area contributed by atoms with Crippen molar-refractivity contribution in [2.24, 2.45) is 10.9 Å². The van der Waals surface area contributed by atoms with E-state index in [-0.39, 0.29) is 0 Å². The summed E-state index contributed by atoms with van der Waals surface area (Å²) in [5.74, 6) is 1.51. The Kier molecular flexibility index (Phi) is 8.39. The summed E-state index contributed by atoms with van der Waals surface area (Å²) < 4.78 is 0. The molecule has 0 saturated carbocycles. The van der Waals surface area contributed by atoms with Crippen LogP contribution >= 0.6 is 0 Å². The van der Waals surface area contributed by atoms with Crippen molar-refractivity contribution < 1.29 is 0 Å². The highest BCUT2D eigenvalue weighted by molar-refractivity contribution is 5.79. The molecule has 2 rings (SSSR count). The summed E-state index contributed by atoms with van der Waals surface area (Å²) in [7, 11) is 4.05. The monoisotopic (exact) mass is 359 g/mol. The molecule has 1 unspecified atom stereocenters. The number of benzene rings is 1. The van der Waals surface area contributed by atoms with Crippen LogP contribution in [0.3, 0.4) is 0 Å². The number of aryl methyl sites for hydroxylation is 2. The first kappa shape index (κ1) is 20.7. The molecule has 1 aliphatic heterocycles. The van der Waals surface area contributed by atoms with Crippen LogP contribution in [0.5, 0.6) is 0 Å². The van der Waals surface area contributed by atoms with Gasteiger partial charge in [0.1, 0.15) is 0 Å². The lowest BCUT2D eigenvalue weighted by atomic mass is 10.1. The zero-order valence-electron chi connectivity index (χ0n) is 17.3. The van der Waals surface area contributed by atoms with Crippen LogP contribution in [0.1, 0.15) is 23.6 Å². The summed E-state index contributed by atoms with van der Waals surface area (Å²) in [6.07, 6.45) is 1.01. The van der Waals surface area contributed by atoms with Crippen molar-refractivity contribution >= 4 is 5.96 Å². The van der Waals surface area contributed by atoms with Crippen LogP contribution in [0.25, 0.3) is 0 Å². The first-order chi connectivity index (χ1) is 12.5. The third-order valence-corrected chi connectivity index (χ3v) is 4.99. The summed E-state index contributed by atoms with van der Waals surface area (Å²) >= 11 is 0. The van der Waals surface area contributed by atoms with Crippen LogP contribution < -0.4 is 10.6 Å². The predicted molar refractivity (Wildman–Crippen MR) is 112 cm³/mol. The van der Waals surface area contributed by atoms with Gasteiger partial charge in [0.2, 0.25) is 0 Å². The van der Waals surface area contributed by atoms with E-state index in [4.69, 9.17) is 0 Å². The summed E-state index contributed by atoms with van der Waals surface area (Å²) in [6, 6.07) is 6.76. The van der Waals surface area contributed by atoms with Crippen molar-refractivity contribution in [3.8, 4) is 0 Å². The summed E-state index contributed by atoms with van der Waals surface area (Å²) in [6.45, 7) is 14.4. The van der Waals surface area contributed by atoms with Gasteiger partial charge in [0, 0.05) is 52.9 Å². The smallest absolute Gasteiger partial charge is 0.190 e. The second kappa shape index (κ2) is 10.5. The number of nitrogens with zero attached hydrogens (tertiary/aromatic N) is 3. The van der Waals surface area contributed by atoms with Gasteiger partial charge in [0.25, 0.3) is 0 Å². The molecule has 146 valence electrons. The fourth-order valence-electron chi connectivity index (χ4n) is 3.57. The molecule has 5 heteroatoms. The van der Waals surface area contributed by atoms with Crippen molar-refractivity contribution in [3.05, 3.63) is 34.9 Å². The molecule has 2 N–H and O–H groups in total. The zero-order valence-corrected chi connectivity index (χ0v) is 17.3. The molecule has 0 radical (unpaired) electrons. The molecule has 0 spiro atoms. The third-order valence-electron chi connectivity index (χ3n) is 4.99. The summed E-state index contributed by atoms with van der Waals surface area (Å²) in [4.78, 5) is 9.33. The lowest BCUT2D eigenvalue weighted by molar-refractivity contribution is 0.139. The van der Waals surface area contributed by atoms with Crippen LogP contribution in [0.4, 0.5) is 0 Å². The molecule has 0 aromatic heterocycles. The molecule has 0 amide bonds. The van der Waals surface area contributed by atoms with E-state index in [0.29, 0.717) is 5.92 Å². The second-order valence-electron chi connectivity index (χ2n) is 7.83. The van der Waals surface area contributed by atoms with E-state index in [9.17, 15) is 0 Å². The molecule has 1 atom stereocenters. The number of piperazine rings is 1.